The zero-order chi connectivity index (χ0) is 5.82. The molecule has 0 fully saturated rings. The van der Waals surface area contributed by atoms with Gasteiger partial charge in [-0.05, 0) is 18.6 Å². The first-order chi connectivity index (χ1) is 3.93. The predicted octanol–water partition coefficient (Wildman–Crippen LogP) is 0.902. The number of nitrogens with one attached hydrogen (secondary N) is 2. The molecular weight excluding hydrogens is 100 g/mol. The van der Waals surface area contributed by atoms with Gasteiger partial charge in [-0.1, -0.05) is 6.92 Å². The second-order valence-corrected chi connectivity index (χ2v) is 1.67. The van der Waals surface area contributed by atoms with E-state index >= 15 is 0 Å². The maximum absolute atomic E-state index is 2.99. The van der Waals surface area contributed by atoms with Gasteiger partial charge in [0.15, 0.2) is 0 Å². The van der Waals surface area contributed by atoms with E-state index in [9.17, 15) is 0 Å². The fraction of sp³-hybridized carbons (Fsp3) is 0.333. The molecule has 2 nitrogen and oxygen atoms in total. The third-order valence-corrected chi connectivity index (χ3v) is 1.09. The molecule has 0 spiro atoms. The Bertz CT molecular complexity index is 124. The van der Waals surface area contributed by atoms with Crippen LogP contribution in [0, 0.1) is 0 Å². The van der Waals surface area contributed by atoms with Crippen LogP contribution in [0.3, 0.4) is 0 Å². The summed E-state index contributed by atoms with van der Waals surface area (Å²) in [6, 6.07) is 0. The molecule has 0 saturated carbocycles. The van der Waals surface area contributed by atoms with Crippen LogP contribution in [-0.4, -0.2) is 0 Å². The summed E-state index contributed by atoms with van der Waals surface area (Å²) in [6.45, 7) is 2.11. The van der Waals surface area contributed by atoms with Gasteiger partial charge in [-0.25, -0.2) is 0 Å². The largest absolute Gasteiger partial charge is 0.309 e. The number of allylic oxidation sites excluding steroid dienone is 3. The zero-order valence-corrected chi connectivity index (χ0v) is 4.94. The van der Waals surface area contributed by atoms with Gasteiger partial charge in [-0.3, -0.25) is 0 Å². The van der Waals surface area contributed by atoms with Crippen molar-refractivity contribution < 1.29 is 0 Å². The van der Waals surface area contributed by atoms with Crippen molar-refractivity contribution >= 4 is 0 Å². The molecule has 0 aromatic carbocycles. The third kappa shape index (κ3) is 1.03. The fourth-order valence-corrected chi connectivity index (χ4v) is 0.595. The molecule has 0 radical (unpaired) electrons. The van der Waals surface area contributed by atoms with Crippen molar-refractivity contribution in [2.24, 2.45) is 0 Å². The van der Waals surface area contributed by atoms with E-state index in [-0.39, 0.29) is 0 Å². The summed E-state index contributed by atoms with van der Waals surface area (Å²) in [5.74, 6) is 0. The van der Waals surface area contributed by atoms with Crippen molar-refractivity contribution in [3.63, 3.8) is 0 Å². The third-order valence-electron chi connectivity index (χ3n) is 1.09. The molecular formula is C6H10N2. The monoisotopic (exact) mass is 110 g/mol. The van der Waals surface area contributed by atoms with Crippen LogP contribution in [-0.2, 0) is 0 Å². The summed E-state index contributed by atoms with van der Waals surface area (Å²) >= 11 is 0. The Morgan fingerprint density at radius 2 is 2.50 bits per heavy atom. The second kappa shape index (κ2) is 2.40. The molecule has 0 aromatic heterocycles. The summed E-state index contributed by atoms with van der Waals surface area (Å²) in [6.07, 6.45) is 6.95. The van der Waals surface area contributed by atoms with Gasteiger partial charge in [0.1, 0.15) is 0 Å². The lowest BCUT2D eigenvalue weighted by Gasteiger charge is -2.10. The molecule has 0 unspecified atom stereocenters. The van der Waals surface area contributed by atoms with Crippen LogP contribution in [0.15, 0.2) is 24.0 Å². The van der Waals surface area contributed by atoms with Crippen molar-refractivity contribution in [3.05, 3.63) is 24.0 Å². The van der Waals surface area contributed by atoms with Crippen LogP contribution in [0.4, 0.5) is 0 Å². The summed E-state index contributed by atoms with van der Waals surface area (Å²) in [7, 11) is 0. The van der Waals surface area contributed by atoms with Crippen molar-refractivity contribution in [1.82, 2.24) is 10.9 Å². The van der Waals surface area contributed by atoms with Gasteiger partial charge in [0.25, 0.3) is 0 Å². The Hall–Kier alpha value is -0.920. The van der Waals surface area contributed by atoms with Gasteiger partial charge in [0.2, 0.25) is 0 Å². The molecule has 0 aromatic rings. The smallest absolute Gasteiger partial charge is 0.0311 e. The highest BCUT2D eigenvalue weighted by molar-refractivity contribution is 5.13. The second-order valence-electron chi connectivity index (χ2n) is 1.67. The van der Waals surface area contributed by atoms with E-state index in [1.165, 1.54) is 5.70 Å². The zero-order valence-electron chi connectivity index (χ0n) is 4.94. The Morgan fingerprint density at radius 1 is 1.62 bits per heavy atom. The summed E-state index contributed by atoms with van der Waals surface area (Å²) in [5, 5.41) is 0. The molecule has 1 rings (SSSR count). The Labute approximate surface area is 49.2 Å². The fourth-order valence-electron chi connectivity index (χ4n) is 0.595. The van der Waals surface area contributed by atoms with Crippen LogP contribution in [0.25, 0.3) is 0 Å². The molecule has 1 aliphatic rings. The summed E-state index contributed by atoms with van der Waals surface area (Å²) < 4.78 is 0. The van der Waals surface area contributed by atoms with Gasteiger partial charge in [0.05, 0.1) is 0 Å². The van der Waals surface area contributed by atoms with E-state index in [1.54, 1.807) is 0 Å². The number of rotatable bonds is 1. The van der Waals surface area contributed by atoms with Crippen molar-refractivity contribution in [3.8, 4) is 0 Å². The van der Waals surface area contributed by atoms with Crippen LogP contribution in [0.1, 0.15) is 13.3 Å². The van der Waals surface area contributed by atoms with Crippen molar-refractivity contribution in [2.75, 3.05) is 0 Å². The standard InChI is InChI=1S/C6H10N2/c1-2-6-4-3-5-7-8-6/h3-5,7-8H,2H2,1H3. The summed E-state index contributed by atoms with van der Waals surface area (Å²) in [5.41, 5.74) is 7.11. The van der Waals surface area contributed by atoms with Gasteiger partial charge < -0.3 is 10.9 Å². The lowest BCUT2D eigenvalue weighted by Crippen LogP contribution is -2.27. The molecule has 0 atom stereocenters. The Morgan fingerprint density at radius 3 is 2.88 bits per heavy atom. The molecule has 2 heteroatoms. The molecule has 0 bridgehead atoms. The highest BCUT2D eigenvalue weighted by atomic mass is 15.3. The first-order valence-electron chi connectivity index (χ1n) is 2.80. The van der Waals surface area contributed by atoms with Crippen LogP contribution >= 0.6 is 0 Å². The molecule has 1 aliphatic heterocycles. The van der Waals surface area contributed by atoms with E-state index in [4.69, 9.17) is 0 Å². The average molecular weight is 110 g/mol. The van der Waals surface area contributed by atoms with Crippen LogP contribution in [0.5, 0.6) is 0 Å². The maximum atomic E-state index is 2.99. The van der Waals surface area contributed by atoms with E-state index in [0.717, 1.165) is 6.42 Å². The van der Waals surface area contributed by atoms with Gasteiger partial charge >= 0.3 is 0 Å². The van der Waals surface area contributed by atoms with E-state index in [1.807, 2.05) is 12.3 Å². The maximum Gasteiger partial charge on any atom is 0.0311 e. The first kappa shape index (κ1) is 5.22. The minimum absolute atomic E-state index is 1.05. The van der Waals surface area contributed by atoms with E-state index < -0.39 is 0 Å². The molecule has 8 heavy (non-hydrogen) atoms. The van der Waals surface area contributed by atoms with Crippen molar-refractivity contribution in [2.45, 2.75) is 13.3 Å². The number of hydrogen-bond acceptors (Lipinski definition) is 2. The quantitative estimate of drug-likeness (QED) is 0.524. The highest BCUT2D eigenvalue weighted by Crippen LogP contribution is 1.96. The minimum Gasteiger partial charge on any atom is -0.309 e. The highest BCUT2D eigenvalue weighted by Gasteiger charge is 1.89. The van der Waals surface area contributed by atoms with Gasteiger partial charge in [-0.15, -0.1) is 0 Å². The molecule has 2 N–H and O–H groups in total. The topological polar surface area (TPSA) is 24.1 Å². The first-order valence-corrected chi connectivity index (χ1v) is 2.80. The van der Waals surface area contributed by atoms with Crippen molar-refractivity contribution in [1.29, 1.82) is 0 Å². The van der Waals surface area contributed by atoms with E-state index in [2.05, 4.69) is 23.9 Å². The normalized spacial score (nSPS) is 16.4. The van der Waals surface area contributed by atoms with Gasteiger partial charge in [0, 0.05) is 11.9 Å². The molecule has 0 saturated heterocycles. The minimum atomic E-state index is 1.05. The SMILES string of the molecule is CCC1=CC=CNN1. The summed E-state index contributed by atoms with van der Waals surface area (Å²) in [4.78, 5) is 0. The average Bonchev–Trinajstić information content (AvgIpc) is 1.90. The lowest BCUT2D eigenvalue weighted by molar-refractivity contribution is 0.691. The van der Waals surface area contributed by atoms with Gasteiger partial charge in [-0.2, -0.15) is 0 Å². The van der Waals surface area contributed by atoms with Crippen LogP contribution in [0.2, 0.25) is 0 Å². The molecule has 1 heterocycles. The number of hydrazine groups is 1. The lowest BCUT2D eigenvalue weighted by atomic mass is 10.3. The Kier molecular flexibility index (Phi) is 1.57. The molecule has 0 amide bonds. The number of hydrogen-bond donors (Lipinski definition) is 2. The predicted molar refractivity (Wildman–Crippen MR) is 33.8 cm³/mol. The van der Waals surface area contributed by atoms with Crippen LogP contribution < -0.4 is 10.9 Å². The van der Waals surface area contributed by atoms with E-state index in [0.29, 0.717) is 0 Å². The Balaban J connectivity index is 2.50. The molecule has 44 valence electrons. The molecule has 0 aliphatic carbocycles.